The van der Waals surface area contributed by atoms with Gasteiger partial charge in [0.05, 0.1) is 14.2 Å². The SMILES string of the molecule is CCCCCCCCON=C(C(=O)OC)C(=O)OC. The summed E-state index contributed by atoms with van der Waals surface area (Å²) in [6.07, 6.45) is 6.71. The van der Waals surface area contributed by atoms with Crippen LogP contribution in [0.1, 0.15) is 45.4 Å². The van der Waals surface area contributed by atoms with Crippen molar-refractivity contribution in [3.8, 4) is 0 Å². The Kier molecular flexibility index (Phi) is 10.5. The van der Waals surface area contributed by atoms with Gasteiger partial charge in [0.1, 0.15) is 6.61 Å². The number of carbonyl (C=O) groups excluding carboxylic acids is 2. The Morgan fingerprint density at radius 3 is 1.95 bits per heavy atom. The van der Waals surface area contributed by atoms with Crippen LogP contribution in [-0.2, 0) is 23.9 Å². The first-order valence-electron chi connectivity index (χ1n) is 6.53. The molecule has 0 bridgehead atoms. The third-order valence-electron chi connectivity index (χ3n) is 2.50. The third kappa shape index (κ3) is 8.18. The highest BCUT2D eigenvalue weighted by Crippen LogP contribution is 2.05. The lowest BCUT2D eigenvalue weighted by atomic mass is 10.1. The normalized spacial score (nSPS) is 9.63. The van der Waals surface area contributed by atoms with Crippen molar-refractivity contribution in [2.45, 2.75) is 45.4 Å². The Labute approximate surface area is 114 Å². The van der Waals surface area contributed by atoms with Gasteiger partial charge in [0, 0.05) is 0 Å². The van der Waals surface area contributed by atoms with Gasteiger partial charge in [-0.25, -0.2) is 9.59 Å². The summed E-state index contributed by atoms with van der Waals surface area (Å²) in [5, 5.41) is 3.47. The molecule has 0 fully saturated rings. The fraction of sp³-hybridized carbons (Fsp3) is 0.769. The predicted molar refractivity (Wildman–Crippen MR) is 70.8 cm³/mol. The molecule has 6 nitrogen and oxygen atoms in total. The molecule has 0 aromatic rings. The molecule has 0 aromatic carbocycles. The second-order valence-electron chi connectivity index (χ2n) is 4.02. The van der Waals surface area contributed by atoms with Gasteiger partial charge in [-0.2, -0.15) is 0 Å². The molecule has 0 amide bonds. The summed E-state index contributed by atoms with van der Waals surface area (Å²) in [5.74, 6) is -1.73. The van der Waals surface area contributed by atoms with Crippen LogP contribution in [-0.4, -0.2) is 38.5 Å². The number of unbranched alkanes of at least 4 members (excludes halogenated alkanes) is 5. The van der Waals surface area contributed by atoms with Crippen molar-refractivity contribution >= 4 is 17.7 Å². The van der Waals surface area contributed by atoms with Gasteiger partial charge in [0.25, 0.3) is 5.71 Å². The molecule has 0 aromatic heterocycles. The van der Waals surface area contributed by atoms with Crippen molar-refractivity contribution in [3.05, 3.63) is 0 Å². The highest BCUT2D eigenvalue weighted by Gasteiger charge is 2.23. The Morgan fingerprint density at radius 2 is 1.42 bits per heavy atom. The monoisotopic (exact) mass is 273 g/mol. The average molecular weight is 273 g/mol. The first-order valence-corrected chi connectivity index (χ1v) is 6.53. The summed E-state index contributed by atoms with van der Waals surface area (Å²) in [4.78, 5) is 27.4. The van der Waals surface area contributed by atoms with E-state index in [9.17, 15) is 9.59 Å². The minimum Gasteiger partial charge on any atom is -0.464 e. The number of esters is 2. The smallest absolute Gasteiger partial charge is 0.367 e. The Morgan fingerprint density at radius 1 is 0.895 bits per heavy atom. The van der Waals surface area contributed by atoms with E-state index in [1.165, 1.54) is 19.3 Å². The second-order valence-corrected chi connectivity index (χ2v) is 4.02. The van der Waals surface area contributed by atoms with Gasteiger partial charge in [-0.05, 0) is 12.8 Å². The molecule has 6 heteroatoms. The molecule has 0 spiro atoms. The van der Waals surface area contributed by atoms with E-state index in [0.717, 1.165) is 33.5 Å². The highest BCUT2D eigenvalue weighted by atomic mass is 16.6. The van der Waals surface area contributed by atoms with Gasteiger partial charge in [-0.1, -0.05) is 37.8 Å². The summed E-state index contributed by atoms with van der Waals surface area (Å²) in [7, 11) is 2.32. The van der Waals surface area contributed by atoms with Crippen molar-refractivity contribution in [1.29, 1.82) is 0 Å². The maximum Gasteiger partial charge on any atom is 0.367 e. The molecular weight excluding hydrogens is 250 g/mol. The van der Waals surface area contributed by atoms with Crippen LogP contribution in [0.25, 0.3) is 0 Å². The first-order chi connectivity index (χ1) is 9.17. The Hall–Kier alpha value is -1.59. The standard InChI is InChI=1S/C13H23NO5/c1-4-5-6-7-8-9-10-19-14-11(12(15)17-2)13(16)18-3/h4-10H2,1-3H3. The second kappa shape index (κ2) is 11.5. The molecule has 0 N–H and O–H groups in total. The number of oxime groups is 1. The van der Waals surface area contributed by atoms with E-state index in [0.29, 0.717) is 6.61 Å². The van der Waals surface area contributed by atoms with Crippen molar-refractivity contribution in [2.24, 2.45) is 5.16 Å². The third-order valence-corrected chi connectivity index (χ3v) is 2.50. The molecule has 110 valence electrons. The van der Waals surface area contributed by atoms with Crippen LogP contribution in [0.2, 0.25) is 0 Å². The topological polar surface area (TPSA) is 74.2 Å². The molecule has 0 aliphatic rings. The van der Waals surface area contributed by atoms with Gasteiger partial charge in [0.15, 0.2) is 0 Å². The van der Waals surface area contributed by atoms with E-state index >= 15 is 0 Å². The maximum atomic E-state index is 11.2. The predicted octanol–water partition coefficient (Wildman–Crippen LogP) is 2.07. The van der Waals surface area contributed by atoms with E-state index in [-0.39, 0.29) is 0 Å². The van der Waals surface area contributed by atoms with E-state index in [4.69, 9.17) is 4.84 Å². The molecule has 0 rings (SSSR count). The first kappa shape index (κ1) is 17.4. The largest absolute Gasteiger partial charge is 0.464 e. The average Bonchev–Trinajstić information content (AvgIpc) is 2.44. The molecule has 0 aliphatic heterocycles. The molecule has 0 unspecified atom stereocenters. The van der Waals surface area contributed by atoms with Crippen LogP contribution in [0, 0.1) is 0 Å². The fourth-order valence-electron chi connectivity index (χ4n) is 1.41. The van der Waals surface area contributed by atoms with Crippen LogP contribution in [0.3, 0.4) is 0 Å². The number of ether oxygens (including phenoxy) is 2. The van der Waals surface area contributed by atoms with Gasteiger partial charge in [0.2, 0.25) is 0 Å². The van der Waals surface area contributed by atoms with Gasteiger partial charge in [-0.3, -0.25) is 0 Å². The van der Waals surface area contributed by atoms with Gasteiger partial charge >= 0.3 is 11.9 Å². The molecule has 0 heterocycles. The molecule has 0 aliphatic carbocycles. The summed E-state index contributed by atoms with van der Waals surface area (Å²) < 4.78 is 8.81. The zero-order valence-corrected chi connectivity index (χ0v) is 11.9. The quantitative estimate of drug-likeness (QED) is 0.200. The van der Waals surface area contributed by atoms with E-state index < -0.39 is 17.7 Å². The van der Waals surface area contributed by atoms with Crippen LogP contribution >= 0.6 is 0 Å². The summed E-state index contributed by atoms with van der Waals surface area (Å²) in [5.41, 5.74) is -0.476. The number of hydrogen-bond acceptors (Lipinski definition) is 6. The van der Waals surface area contributed by atoms with Crippen LogP contribution < -0.4 is 0 Å². The van der Waals surface area contributed by atoms with E-state index in [1.807, 2.05) is 0 Å². The number of methoxy groups -OCH3 is 2. The lowest BCUT2D eigenvalue weighted by molar-refractivity contribution is -0.138. The number of nitrogens with zero attached hydrogens (tertiary/aromatic N) is 1. The number of hydrogen-bond donors (Lipinski definition) is 0. The molecule has 0 saturated carbocycles. The molecule has 19 heavy (non-hydrogen) atoms. The zero-order valence-electron chi connectivity index (χ0n) is 11.9. The maximum absolute atomic E-state index is 11.2. The summed E-state index contributed by atoms with van der Waals surface area (Å²) in [6, 6.07) is 0. The minimum atomic E-state index is -0.866. The molecule has 0 saturated heterocycles. The van der Waals surface area contributed by atoms with Crippen molar-refractivity contribution in [3.63, 3.8) is 0 Å². The van der Waals surface area contributed by atoms with E-state index in [2.05, 4.69) is 21.6 Å². The summed E-state index contributed by atoms with van der Waals surface area (Å²) >= 11 is 0. The molecule has 0 atom stereocenters. The van der Waals surface area contributed by atoms with Gasteiger partial charge in [-0.15, -0.1) is 0 Å². The highest BCUT2D eigenvalue weighted by molar-refractivity contribution is 6.62. The van der Waals surface area contributed by atoms with Crippen molar-refractivity contribution in [2.75, 3.05) is 20.8 Å². The van der Waals surface area contributed by atoms with Gasteiger partial charge < -0.3 is 14.3 Å². The fourth-order valence-corrected chi connectivity index (χ4v) is 1.41. The zero-order chi connectivity index (χ0) is 14.5. The van der Waals surface area contributed by atoms with Crippen LogP contribution in [0.15, 0.2) is 5.16 Å². The number of rotatable bonds is 10. The Bertz CT molecular complexity index is 283. The van der Waals surface area contributed by atoms with E-state index in [1.54, 1.807) is 0 Å². The van der Waals surface area contributed by atoms with Crippen LogP contribution in [0.4, 0.5) is 0 Å². The lowest BCUT2D eigenvalue weighted by Crippen LogP contribution is -2.27. The Balaban J connectivity index is 3.92. The van der Waals surface area contributed by atoms with Crippen LogP contribution in [0.5, 0.6) is 0 Å². The molecular formula is C13H23NO5. The van der Waals surface area contributed by atoms with Crippen molar-refractivity contribution < 1.29 is 23.9 Å². The molecule has 0 radical (unpaired) electrons. The summed E-state index contributed by atoms with van der Waals surface area (Å²) in [6.45, 7) is 2.53. The minimum absolute atomic E-state index is 0.365. The van der Waals surface area contributed by atoms with Crippen molar-refractivity contribution in [1.82, 2.24) is 0 Å². The number of carbonyl (C=O) groups is 2. The lowest BCUT2D eigenvalue weighted by Gasteiger charge is -2.03.